The number of rotatable bonds is 16. The van der Waals surface area contributed by atoms with Gasteiger partial charge in [-0.25, -0.2) is 74.4 Å². The van der Waals surface area contributed by atoms with Crippen LogP contribution in [-0.4, -0.2) is 143 Å². The van der Waals surface area contributed by atoms with Gasteiger partial charge in [-0.1, -0.05) is 80.4 Å². The molecule has 5 aromatic carbocycles. The molecule has 11 aromatic rings. The number of pyridine rings is 3. The second kappa shape index (κ2) is 34.6. The number of aliphatic hydroxyl groups is 3. The van der Waals surface area contributed by atoms with E-state index in [1.807, 2.05) is 65.0 Å². The third-order valence-electron chi connectivity index (χ3n) is 15.0. The van der Waals surface area contributed by atoms with E-state index in [0.717, 1.165) is 52.1 Å². The molecule has 0 spiro atoms. The molecule has 0 atom stereocenters. The first-order chi connectivity index (χ1) is 47.0. The molecule has 12 rings (SSSR count). The Bertz CT molecular complexity index is 5190. The van der Waals surface area contributed by atoms with Gasteiger partial charge in [-0.2, -0.15) is 0 Å². The third kappa shape index (κ3) is 20.0. The summed E-state index contributed by atoms with van der Waals surface area (Å²) in [5, 5.41) is 27.5. The Hall–Kier alpha value is -6.61. The highest BCUT2D eigenvalue weighted by Gasteiger charge is 2.52. The van der Waals surface area contributed by atoms with Crippen molar-refractivity contribution in [2.24, 2.45) is 5.73 Å². The number of nitrogens with two attached hydrogens (primary N) is 1. The molecule has 1 aliphatic heterocycles. The molecule has 1 aliphatic rings. The summed E-state index contributed by atoms with van der Waals surface area (Å²) in [6.07, 6.45) is 4.91. The molecule has 7 heterocycles. The smallest absolute Gasteiger partial charge is 0.399 e. The standard InChI is InChI=1S/C20H23BN2O4S.C16H17N3O3S.C14H11BrN2O2S.C8H10BrNO3S.C6H4BrClO2S.C2H7NO/c1-14-13-16-17(21-26-19(2,3)20(4,5)27-21)11-12-22-18(16)23(14)28(24,25)15-9-7-6-8-10-15;1-11-10-15-14(6-7-17-16(15)19-11)12-2-4-13(5-3-12)23(21,22)18-8-9-20;1-10-9-12-13(15)7-8-16-14(12)17(10)20(18,19)11-5-3-2-4-6-11;9-7-1-3-8(4-2-7)14(12,13)10-5-6-11;7-5-1-3-6(4-2-5)11(8,9)10;3-1-2-4/h6-13H,1-5H3;2-7,10,18,20H,8-9H2,1H3,(H,17,19);2-9H,1H3;1-4,10-11H,5-6H2;1-4H;4H,1-3H2. The molecule has 0 radical (unpaired) electrons. The number of aromatic amines is 1. The summed E-state index contributed by atoms with van der Waals surface area (Å²) in [4.78, 5) is 17.0. The van der Waals surface area contributed by atoms with Crippen molar-refractivity contribution in [2.75, 3.05) is 39.5 Å². The van der Waals surface area contributed by atoms with E-state index in [2.05, 4.69) is 77.2 Å². The van der Waals surface area contributed by atoms with E-state index in [9.17, 15) is 42.1 Å². The van der Waals surface area contributed by atoms with Gasteiger partial charge in [-0.05, 0) is 202 Å². The Balaban J connectivity index is 0.000000179. The summed E-state index contributed by atoms with van der Waals surface area (Å²) in [7, 11) is -13.6. The quantitative estimate of drug-likeness (QED) is 0.0349. The molecule has 0 aliphatic carbocycles. The van der Waals surface area contributed by atoms with Crippen LogP contribution in [-0.2, 0) is 58.5 Å². The zero-order valence-electron chi connectivity index (χ0n) is 54.8. The highest BCUT2D eigenvalue weighted by molar-refractivity contribution is 9.11. The number of halogens is 4. The van der Waals surface area contributed by atoms with Crippen molar-refractivity contribution in [3.8, 4) is 11.1 Å². The average Bonchev–Trinajstić information content (AvgIpc) is 1.58. The summed E-state index contributed by atoms with van der Waals surface area (Å²) < 4.78 is 142. The van der Waals surface area contributed by atoms with Crippen molar-refractivity contribution in [1.82, 2.24) is 37.3 Å². The van der Waals surface area contributed by atoms with Gasteiger partial charge in [0.15, 0.2) is 11.3 Å². The molecule has 100 heavy (non-hydrogen) atoms. The fourth-order valence-electron chi connectivity index (χ4n) is 9.53. The van der Waals surface area contributed by atoms with Crippen molar-refractivity contribution in [3.05, 3.63) is 219 Å². The van der Waals surface area contributed by atoms with E-state index in [0.29, 0.717) is 34.6 Å². The van der Waals surface area contributed by atoms with E-state index in [1.54, 1.807) is 148 Å². The molecule has 1 saturated heterocycles. The minimum Gasteiger partial charge on any atom is -0.399 e. The van der Waals surface area contributed by atoms with Crippen LogP contribution in [0.4, 0.5) is 0 Å². The fraction of sp³-hybridized carbons (Fsp3) is 0.227. The first kappa shape index (κ1) is 80.7. The molecule has 6 aromatic heterocycles. The Kier molecular flexibility index (Phi) is 27.9. The van der Waals surface area contributed by atoms with Gasteiger partial charge in [0, 0.05) is 95.6 Å². The summed E-state index contributed by atoms with van der Waals surface area (Å²) in [6, 6.07) is 46.9. The molecule has 0 bridgehead atoms. The van der Waals surface area contributed by atoms with Gasteiger partial charge in [0.1, 0.15) is 5.65 Å². The van der Waals surface area contributed by atoms with Gasteiger partial charge in [0.25, 0.3) is 29.1 Å². The molecule has 1 fully saturated rings. The lowest BCUT2D eigenvalue weighted by Gasteiger charge is -2.32. The summed E-state index contributed by atoms with van der Waals surface area (Å²) in [5.41, 5.74) is 10.3. The number of H-pyrrole nitrogens is 1. The number of sulfonamides is 2. The van der Waals surface area contributed by atoms with E-state index in [-0.39, 0.29) is 57.4 Å². The van der Waals surface area contributed by atoms with E-state index in [1.165, 1.54) is 32.2 Å². The van der Waals surface area contributed by atoms with Gasteiger partial charge in [-0.3, -0.25) is 0 Å². The monoisotopic (exact) mass is 1670 g/mol. The van der Waals surface area contributed by atoms with Crippen LogP contribution in [0.3, 0.4) is 0 Å². The molecule has 0 unspecified atom stereocenters. The second-order valence-electron chi connectivity index (χ2n) is 22.7. The van der Waals surface area contributed by atoms with Crippen LogP contribution in [0.25, 0.3) is 44.2 Å². The van der Waals surface area contributed by atoms with E-state index < -0.39 is 67.5 Å². The van der Waals surface area contributed by atoms with Gasteiger partial charge in [0.05, 0.1) is 55.5 Å². The maximum Gasteiger partial charge on any atom is 0.495 e. The van der Waals surface area contributed by atoms with Gasteiger partial charge in [-0.15, -0.1) is 0 Å². The first-order valence-corrected chi connectivity index (χ1v) is 40.7. The van der Waals surface area contributed by atoms with Crippen LogP contribution >= 0.6 is 58.5 Å². The summed E-state index contributed by atoms with van der Waals surface area (Å²) in [6.45, 7) is 13.5. The van der Waals surface area contributed by atoms with Gasteiger partial charge < -0.3 is 35.3 Å². The molecule has 8 N–H and O–H groups in total. The minimum atomic E-state index is -3.77. The number of aryl methyl sites for hydroxylation is 3. The van der Waals surface area contributed by atoms with Crippen molar-refractivity contribution in [1.29, 1.82) is 0 Å². The van der Waals surface area contributed by atoms with Crippen molar-refractivity contribution >= 4 is 153 Å². The lowest BCUT2D eigenvalue weighted by molar-refractivity contribution is 0.00578. The first-order valence-electron chi connectivity index (χ1n) is 30.1. The zero-order chi connectivity index (χ0) is 73.6. The van der Waals surface area contributed by atoms with Crippen LogP contribution in [0.1, 0.15) is 44.8 Å². The topological polar surface area (TPSA) is 364 Å². The minimum absolute atomic E-state index is 0.00229. The molecular weight excluding hydrogens is 1610 g/mol. The number of hydrogen-bond acceptors (Lipinski definition) is 19. The summed E-state index contributed by atoms with van der Waals surface area (Å²) in [5.74, 6) is 0. The number of fused-ring (bicyclic) bond motifs is 3. The number of benzene rings is 5. The molecule has 0 saturated carbocycles. The highest BCUT2D eigenvalue weighted by Crippen LogP contribution is 2.38. The number of aromatic nitrogens is 6. The Morgan fingerprint density at radius 1 is 0.520 bits per heavy atom. The van der Waals surface area contributed by atoms with Crippen LogP contribution in [0.2, 0.25) is 0 Å². The number of hydrogen-bond donors (Lipinski definition) is 7. The highest BCUT2D eigenvalue weighted by atomic mass is 79.9. The molecular formula is C66H72BBr3ClN9O15S5. The number of nitrogens with zero attached hydrogens (tertiary/aromatic N) is 5. The largest absolute Gasteiger partial charge is 0.495 e. The van der Waals surface area contributed by atoms with E-state index in [4.69, 9.17) is 41.0 Å². The Morgan fingerprint density at radius 2 is 0.930 bits per heavy atom. The van der Waals surface area contributed by atoms with Crippen LogP contribution in [0, 0.1) is 20.8 Å². The number of aliphatic hydroxyl groups excluding tert-OH is 3. The SMILES string of the molecule is Cc1cc2c(-c3ccc(S(=O)(=O)NCCO)cc3)ccnc2[nH]1.Cc1cc2c(B3OC(C)(C)C(C)(C)O3)ccnc2n1S(=O)(=O)c1ccccc1.Cc1cc2c(Br)ccnc2n1S(=O)(=O)c1ccccc1.NCCO.O=S(=O)(Cl)c1ccc(Br)cc1.O=S(=O)(NCCO)c1ccc(Br)cc1. The number of nitrogens with one attached hydrogen (secondary N) is 3. The lowest BCUT2D eigenvalue weighted by atomic mass is 9.78. The van der Waals surface area contributed by atoms with Crippen LogP contribution in [0.5, 0.6) is 0 Å². The van der Waals surface area contributed by atoms with Crippen molar-refractivity contribution in [2.45, 2.75) is 84.1 Å². The predicted octanol–water partition coefficient (Wildman–Crippen LogP) is 10.1. The molecule has 532 valence electrons. The fourth-order valence-corrected chi connectivity index (χ4v) is 16.3. The van der Waals surface area contributed by atoms with E-state index >= 15 is 0 Å². The van der Waals surface area contributed by atoms with Crippen molar-refractivity contribution < 1.29 is 66.7 Å². The van der Waals surface area contributed by atoms with Gasteiger partial charge >= 0.3 is 7.12 Å². The van der Waals surface area contributed by atoms with Crippen molar-refractivity contribution in [3.63, 3.8) is 0 Å². The summed E-state index contributed by atoms with van der Waals surface area (Å²) >= 11 is 9.80. The lowest BCUT2D eigenvalue weighted by Crippen LogP contribution is -2.41. The maximum atomic E-state index is 13.2. The second-order valence-corrected chi connectivity index (χ2v) is 35.0. The zero-order valence-corrected chi connectivity index (χ0v) is 64.4. The average molecular weight is 1680 g/mol. The van der Waals surface area contributed by atoms with Gasteiger partial charge in [0.2, 0.25) is 20.0 Å². The predicted molar refractivity (Wildman–Crippen MR) is 399 cm³/mol. The van der Waals surface area contributed by atoms with Crippen LogP contribution in [0.15, 0.2) is 226 Å². The maximum absolute atomic E-state index is 13.2. The molecule has 24 nitrogen and oxygen atoms in total. The van der Waals surface area contributed by atoms with Crippen LogP contribution < -0.4 is 20.6 Å². The molecule has 34 heteroatoms. The molecule has 0 amide bonds. The Labute approximate surface area is 611 Å². The Morgan fingerprint density at radius 3 is 1.37 bits per heavy atom. The third-order valence-corrected chi connectivity index (χ3v) is 24.7. The normalized spacial score (nSPS) is 13.5.